The first-order valence-electron chi connectivity index (χ1n) is 7.94. The normalized spacial score (nSPS) is 16.4. The van der Waals surface area contributed by atoms with Gasteiger partial charge in [-0.15, -0.1) is 11.3 Å². The van der Waals surface area contributed by atoms with E-state index < -0.39 is 0 Å². The van der Waals surface area contributed by atoms with Gasteiger partial charge in [0.25, 0.3) is 5.91 Å². The Balaban J connectivity index is 1.49. The number of aryl methyl sites for hydroxylation is 1. The number of benzene rings is 1. The number of amides is 1. The summed E-state index contributed by atoms with van der Waals surface area (Å²) < 4.78 is 0. The van der Waals surface area contributed by atoms with Gasteiger partial charge in [-0.05, 0) is 36.3 Å². The topological polar surface area (TPSA) is 32.3 Å². The van der Waals surface area contributed by atoms with Crippen LogP contribution in [-0.4, -0.2) is 29.9 Å². The lowest BCUT2D eigenvalue weighted by Crippen LogP contribution is -2.44. The van der Waals surface area contributed by atoms with E-state index in [9.17, 15) is 4.79 Å². The molecule has 1 N–H and O–H groups in total. The SMILES string of the molecule is Cc1csc(C(=O)NC2CCN(Cc3ccccc3)CC2)c1Cl. The van der Waals surface area contributed by atoms with Gasteiger partial charge in [-0.25, -0.2) is 0 Å². The van der Waals surface area contributed by atoms with Crippen LogP contribution in [0.3, 0.4) is 0 Å². The largest absolute Gasteiger partial charge is 0.348 e. The molecule has 2 aromatic rings. The van der Waals surface area contributed by atoms with E-state index in [0.717, 1.165) is 38.0 Å². The lowest BCUT2D eigenvalue weighted by molar-refractivity contribution is 0.0913. The van der Waals surface area contributed by atoms with Gasteiger partial charge in [0, 0.05) is 25.7 Å². The molecule has 1 saturated heterocycles. The molecule has 1 fully saturated rings. The molecule has 0 radical (unpaired) electrons. The zero-order valence-corrected chi connectivity index (χ0v) is 14.8. The average molecular weight is 349 g/mol. The van der Waals surface area contributed by atoms with Gasteiger partial charge in [0.1, 0.15) is 4.88 Å². The van der Waals surface area contributed by atoms with Crippen molar-refractivity contribution in [3.63, 3.8) is 0 Å². The number of carbonyl (C=O) groups is 1. The summed E-state index contributed by atoms with van der Waals surface area (Å²) >= 11 is 7.60. The minimum Gasteiger partial charge on any atom is -0.348 e. The third-order valence-electron chi connectivity index (χ3n) is 4.28. The van der Waals surface area contributed by atoms with E-state index in [0.29, 0.717) is 9.90 Å². The van der Waals surface area contributed by atoms with E-state index >= 15 is 0 Å². The molecular formula is C18H21ClN2OS. The van der Waals surface area contributed by atoms with Crippen LogP contribution in [0.25, 0.3) is 0 Å². The molecule has 1 amide bonds. The first-order chi connectivity index (χ1) is 11.1. The summed E-state index contributed by atoms with van der Waals surface area (Å²) in [5, 5.41) is 5.66. The van der Waals surface area contributed by atoms with Crippen LogP contribution in [0.1, 0.15) is 33.6 Å². The summed E-state index contributed by atoms with van der Waals surface area (Å²) in [5.41, 5.74) is 2.32. The van der Waals surface area contributed by atoms with Crippen molar-refractivity contribution >= 4 is 28.8 Å². The van der Waals surface area contributed by atoms with E-state index in [1.807, 2.05) is 18.4 Å². The van der Waals surface area contributed by atoms with Crippen molar-refractivity contribution in [1.82, 2.24) is 10.2 Å². The number of nitrogens with zero attached hydrogens (tertiary/aromatic N) is 1. The molecule has 3 rings (SSSR count). The molecule has 2 heterocycles. The Morgan fingerprint density at radius 1 is 1.30 bits per heavy atom. The van der Waals surface area contributed by atoms with Gasteiger partial charge < -0.3 is 5.32 Å². The van der Waals surface area contributed by atoms with Crippen molar-refractivity contribution in [1.29, 1.82) is 0 Å². The highest BCUT2D eigenvalue weighted by molar-refractivity contribution is 7.13. The fraction of sp³-hybridized carbons (Fsp3) is 0.389. The summed E-state index contributed by atoms with van der Waals surface area (Å²) in [4.78, 5) is 15.4. The third-order valence-corrected chi connectivity index (χ3v) is 5.97. The number of carbonyl (C=O) groups excluding carboxylic acids is 1. The van der Waals surface area contributed by atoms with Crippen LogP contribution in [0.15, 0.2) is 35.7 Å². The first kappa shape index (κ1) is 16.5. The molecular weight excluding hydrogens is 328 g/mol. The number of hydrogen-bond donors (Lipinski definition) is 1. The third kappa shape index (κ3) is 4.14. The smallest absolute Gasteiger partial charge is 0.263 e. The van der Waals surface area contributed by atoms with Crippen LogP contribution in [-0.2, 0) is 6.54 Å². The Morgan fingerprint density at radius 2 is 2.00 bits per heavy atom. The minimum atomic E-state index is -0.0328. The molecule has 0 saturated carbocycles. The molecule has 23 heavy (non-hydrogen) atoms. The van der Waals surface area contributed by atoms with E-state index in [2.05, 4.69) is 34.5 Å². The summed E-state index contributed by atoms with van der Waals surface area (Å²) in [5.74, 6) is -0.0328. The van der Waals surface area contributed by atoms with Crippen molar-refractivity contribution in [2.75, 3.05) is 13.1 Å². The van der Waals surface area contributed by atoms with E-state index in [1.54, 1.807) is 0 Å². The van der Waals surface area contributed by atoms with Crippen molar-refractivity contribution in [2.45, 2.75) is 32.4 Å². The average Bonchev–Trinajstić information content (AvgIpc) is 2.90. The molecule has 5 heteroatoms. The van der Waals surface area contributed by atoms with Crippen LogP contribution in [0.5, 0.6) is 0 Å². The van der Waals surface area contributed by atoms with E-state index in [1.165, 1.54) is 16.9 Å². The second kappa shape index (κ2) is 7.47. The van der Waals surface area contributed by atoms with Gasteiger partial charge >= 0.3 is 0 Å². The Bertz CT molecular complexity index is 663. The number of nitrogens with one attached hydrogen (secondary N) is 1. The highest BCUT2D eigenvalue weighted by Crippen LogP contribution is 2.27. The maximum atomic E-state index is 12.3. The van der Waals surface area contributed by atoms with Crippen LogP contribution in [0.4, 0.5) is 0 Å². The summed E-state index contributed by atoms with van der Waals surface area (Å²) in [7, 11) is 0. The van der Waals surface area contributed by atoms with Crippen molar-refractivity contribution in [3.05, 3.63) is 56.7 Å². The van der Waals surface area contributed by atoms with Gasteiger partial charge in [-0.2, -0.15) is 0 Å². The van der Waals surface area contributed by atoms with Gasteiger partial charge in [-0.1, -0.05) is 41.9 Å². The van der Waals surface area contributed by atoms with Crippen molar-refractivity contribution in [3.8, 4) is 0 Å². The van der Waals surface area contributed by atoms with Gasteiger partial charge in [0.05, 0.1) is 5.02 Å². The van der Waals surface area contributed by atoms with Crippen molar-refractivity contribution < 1.29 is 4.79 Å². The standard InChI is InChI=1S/C18H21ClN2OS/c1-13-12-23-17(16(13)19)18(22)20-15-7-9-21(10-8-15)11-14-5-3-2-4-6-14/h2-6,12,15H,7-11H2,1H3,(H,20,22). The molecule has 1 aliphatic rings. The zero-order chi connectivity index (χ0) is 16.2. The van der Waals surface area contributed by atoms with Crippen LogP contribution >= 0.6 is 22.9 Å². The maximum absolute atomic E-state index is 12.3. The van der Waals surface area contributed by atoms with Crippen LogP contribution in [0.2, 0.25) is 5.02 Å². The Hall–Kier alpha value is -1.36. The molecule has 122 valence electrons. The number of thiophene rings is 1. The number of rotatable bonds is 4. The zero-order valence-electron chi connectivity index (χ0n) is 13.2. The first-order valence-corrected chi connectivity index (χ1v) is 9.20. The molecule has 3 nitrogen and oxygen atoms in total. The molecule has 0 aliphatic carbocycles. The Morgan fingerprint density at radius 3 is 2.61 bits per heavy atom. The lowest BCUT2D eigenvalue weighted by Gasteiger charge is -2.32. The molecule has 0 atom stereocenters. The summed E-state index contributed by atoms with van der Waals surface area (Å²) in [6.45, 7) is 4.93. The van der Waals surface area contributed by atoms with E-state index in [4.69, 9.17) is 11.6 Å². The van der Waals surface area contributed by atoms with Gasteiger partial charge in [0.2, 0.25) is 0 Å². The summed E-state index contributed by atoms with van der Waals surface area (Å²) in [6.07, 6.45) is 1.97. The Kier molecular flexibility index (Phi) is 5.36. The number of likely N-dealkylation sites (tertiary alicyclic amines) is 1. The van der Waals surface area contributed by atoms with Gasteiger partial charge in [-0.3, -0.25) is 9.69 Å². The Labute approximate surface area is 146 Å². The molecule has 0 unspecified atom stereocenters. The maximum Gasteiger partial charge on any atom is 0.263 e. The number of halogens is 1. The molecule has 1 aromatic carbocycles. The molecule has 1 aromatic heterocycles. The quantitative estimate of drug-likeness (QED) is 0.902. The van der Waals surface area contributed by atoms with Crippen molar-refractivity contribution in [2.24, 2.45) is 0 Å². The predicted molar refractivity (Wildman–Crippen MR) is 96.3 cm³/mol. The molecule has 1 aliphatic heterocycles. The fourth-order valence-electron chi connectivity index (χ4n) is 2.91. The highest BCUT2D eigenvalue weighted by Gasteiger charge is 2.23. The van der Waals surface area contributed by atoms with Crippen LogP contribution < -0.4 is 5.32 Å². The lowest BCUT2D eigenvalue weighted by atomic mass is 10.0. The second-order valence-electron chi connectivity index (χ2n) is 6.07. The van der Waals surface area contributed by atoms with Crippen LogP contribution in [0, 0.1) is 6.92 Å². The summed E-state index contributed by atoms with van der Waals surface area (Å²) in [6, 6.07) is 10.8. The minimum absolute atomic E-state index is 0.0328. The predicted octanol–water partition coefficient (Wildman–Crippen LogP) is 4.10. The fourth-order valence-corrected chi connectivity index (χ4v) is 4.09. The number of piperidine rings is 1. The number of hydrogen-bond acceptors (Lipinski definition) is 3. The monoisotopic (exact) mass is 348 g/mol. The van der Waals surface area contributed by atoms with Gasteiger partial charge in [0.15, 0.2) is 0 Å². The van der Waals surface area contributed by atoms with E-state index in [-0.39, 0.29) is 11.9 Å². The molecule has 0 bridgehead atoms. The second-order valence-corrected chi connectivity index (χ2v) is 7.33. The molecule has 0 spiro atoms. The highest BCUT2D eigenvalue weighted by atomic mass is 35.5.